The van der Waals surface area contributed by atoms with Crippen LogP contribution < -0.4 is 10.2 Å². The summed E-state index contributed by atoms with van der Waals surface area (Å²) < 4.78 is 0. The fourth-order valence-electron chi connectivity index (χ4n) is 2.96. The normalized spacial score (nSPS) is 26.4. The Morgan fingerprint density at radius 2 is 2.22 bits per heavy atom. The molecule has 0 bridgehead atoms. The van der Waals surface area contributed by atoms with Crippen molar-refractivity contribution in [3.63, 3.8) is 0 Å². The number of carbonyl (C=O) groups excluding carboxylic acids is 4. The molecule has 2 unspecified atom stereocenters. The number of aromatic nitrogens is 1. The number of nitrogens with one attached hydrogen (secondary N) is 1. The summed E-state index contributed by atoms with van der Waals surface area (Å²) in [6.07, 6.45) is 1.81. The molecule has 3 heterocycles. The van der Waals surface area contributed by atoms with E-state index in [0.717, 1.165) is 16.2 Å². The number of carboxylic acids is 1. The van der Waals surface area contributed by atoms with Gasteiger partial charge in [-0.25, -0.2) is 4.98 Å². The van der Waals surface area contributed by atoms with Crippen molar-refractivity contribution in [3.05, 3.63) is 18.0 Å². The van der Waals surface area contributed by atoms with Gasteiger partial charge in [0.1, 0.15) is 22.6 Å². The van der Waals surface area contributed by atoms with E-state index in [1.54, 1.807) is 0 Å². The third kappa shape index (κ3) is 3.00. The molecular formula is C15H14N4O6S2. The van der Waals surface area contributed by atoms with Crippen LogP contribution in [0.4, 0.5) is 10.9 Å². The van der Waals surface area contributed by atoms with Crippen LogP contribution in [0.25, 0.3) is 0 Å². The number of thioether (sulfide) groups is 1. The average molecular weight is 410 g/mol. The van der Waals surface area contributed by atoms with Crippen molar-refractivity contribution >= 4 is 64.5 Å². The molecule has 27 heavy (non-hydrogen) atoms. The highest BCUT2D eigenvalue weighted by atomic mass is 32.2. The number of anilines is 2. The topological polar surface area (TPSA) is 137 Å². The Morgan fingerprint density at radius 1 is 1.48 bits per heavy atom. The fourth-order valence-corrected chi connectivity index (χ4v) is 5.18. The van der Waals surface area contributed by atoms with E-state index in [1.807, 2.05) is 0 Å². The maximum absolute atomic E-state index is 12.7. The second-order valence-corrected chi connectivity index (χ2v) is 7.84. The molecule has 0 aromatic carbocycles. The van der Waals surface area contributed by atoms with Gasteiger partial charge in [0.2, 0.25) is 18.6 Å². The Labute approximate surface area is 161 Å². The van der Waals surface area contributed by atoms with Gasteiger partial charge in [0.15, 0.2) is 5.13 Å². The van der Waals surface area contributed by atoms with Crippen LogP contribution in [-0.2, 0) is 24.0 Å². The van der Waals surface area contributed by atoms with Gasteiger partial charge in [-0.1, -0.05) is 6.08 Å². The van der Waals surface area contributed by atoms with E-state index in [4.69, 9.17) is 0 Å². The molecule has 142 valence electrons. The van der Waals surface area contributed by atoms with Gasteiger partial charge in [-0.2, -0.15) is 0 Å². The molecule has 1 aromatic heterocycles. The lowest BCUT2D eigenvalue weighted by atomic mass is 9.87. The summed E-state index contributed by atoms with van der Waals surface area (Å²) in [6, 6.07) is -0.976. The molecule has 2 aliphatic rings. The third-order valence-corrected chi connectivity index (χ3v) is 6.73. The number of carboxylic acid groups (broad SMARTS) is 1. The van der Waals surface area contributed by atoms with Crippen molar-refractivity contribution in [2.24, 2.45) is 5.41 Å². The molecule has 3 amide bonds. The molecule has 1 aromatic rings. The Hall–Kier alpha value is -2.73. The summed E-state index contributed by atoms with van der Waals surface area (Å²) >= 11 is 2.23. The molecule has 3 atom stereocenters. The summed E-state index contributed by atoms with van der Waals surface area (Å²) in [5, 5.41) is 12.9. The zero-order valence-corrected chi connectivity index (χ0v) is 15.4. The second-order valence-electron chi connectivity index (χ2n) is 5.88. The number of nitrogens with zero attached hydrogens (tertiary/aromatic N) is 3. The van der Waals surface area contributed by atoms with E-state index >= 15 is 0 Å². The molecule has 0 aliphatic carbocycles. The van der Waals surface area contributed by atoms with Crippen molar-refractivity contribution in [2.75, 3.05) is 22.5 Å². The predicted octanol–water partition coefficient (Wildman–Crippen LogP) is -0.216. The molecule has 2 fully saturated rings. The van der Waals surface area contributed by atoms with Crippen LogP contribution in [0.15, 0.2) is 18.0 Å². The highest BCUT2D eigenvalue weighted by Crippen LogP contribution is 2.45. The molecule has 12 heteroatoms. The van der Waals surface area contributed by atoms with Crippen molar-refractivity contribution in [1.29, 1.82) is 0 Å². The zero-order chi connectivity index (χ0) is 19.8. The maximum atomic E-state index is 12.7. The molecule has 10 nitrogen and oxygen atoms in total. The van der Waals surface area contributed by atoms with Gasteiger partial charge in [0.25, 0.3) is 5.91 Å². The largest absolute Gasteiger partial charge is 0.481 e. The number of thiazole rings is 1. The van der Waals surface area contributed by atoms with E-state index in [1.165, 1.54) is 28.1 Å². The zero-order valence-electron chi connectivity index (χ0n) is 13.7. The third-order valence-electron chi connectivity index (χ3n) is 4.43. The van der Waals surface area contributed by atoms with Crippen LogP contribution in [0.5, 0.6) is 0 Å². The summed E-state index contributed by atoms with van der Waals surface area (Å²) in [6.45, 7) is 3.50. The summed E-state index contributed by atoms with van der Waals surface area (Å²) in [5.74, 6) is -2.26. The number of hydrogen-bond acceptors (Lipinski definition) is 8. The minimum Gasteiger partial charge on any atom is -0.481 e. The Morgan fingerprint density at radius 3 is 2.81 bits per heavy atom. The standard InChI is InChI=1S/C15H14N4O6S2/c1-2-15(13(24)25)5-18-11(23)10(12(18)27-6-15)19(9(22)3-20)8-4-26-14(17-8)16-7-21/h2-4,7,10,12H,1,5-6H2,(H,24,25)(H,16,17,21)/t10?,12-,15?/m1/s1. The number of amides is 3. The Kier molecular flexibility index (Phi) is 5.02. The van der Waals surface area contributed by atoms with Gasteiger partial charge >= 0.3 is 5.97 Å². The number of β-lactam (4-membered cyclic amide) rings is 1. The lowest BCUT2D eigenvalue weighted by Crippen LogP contribution is -2.74. The molecule has 2 aliphatic heterocycles. The van der Waals surface area contributed by atoms with Gasteiger partial charge in [0.05, 0.1) is 0 Å². The highest BCUT2D eigenvalue weighted by molar-refractivity contribution is 8.00. The van der Waals surface area contributed by atoms with E-state index in [2.05, 4.69) is 16.9 Å². The van der Waals surface area contributed by atoms with Crippen LogP contribution in [0.1, 0.15) is 0 Å². The summed E-state index contributed by atoms with van der Waals surface area (Å²) in [7, 11) is 0. The molecule has 0 saturated carbocycles. The number of fused-ring (bicyclic) bond motifs is 1. The van der Waals surface area contributed by atoms with Gasteiger partial charge in [0, 0.05) is 17.7 Å². The lowest BCUT2D eigenvalue weighted by Gasteiger charge is -2.55. The quantitative estimate of drug-likeness (QED) is 0.273. The van der Waals surface area contributed by atoms with Crippen LogP contribution in [-0.4, -0.2) is 69.2 Å². The Bertz CT molecular complexity index is 842. The molecule has 0 spiro atoms. The number of aldehydes is 1. The van der Waals surface area contributed by atoms with Crippen LogP contribution in [0.3, 0.4) is 0 Å². The van der Waals surface area contributed by atoms with Crippen LogP contribution in [0.2, 0.25) is 0 Å². The summed E-state index contributed by atoms with van der Waals surface area (Å²) in [4.78, 5) is 64.4. The van der Waals surface area contributed by atoms with Crippen molar-refractivity contribution in [3.8, 4) is 0 Å². The molecule has 2 N–H and O–H groups in total. The van der Waals surface area contributed by atoms with Gasteiger partial charge in [-0.05, 0) is 0 Å². The number of carbonyl (C=O) groups is 5. The molecular weight excluding hydrogens is 396 g/mol. The minimum absolute atomic E-state index is 0.0586. The fraction of sp³-hybridized carbons (Fsp3) is 0.333. The number of rotatable bonds is 7. The SMILES string of the molecule is C=CC1(C(=O)O)CS[C@@H]2C(N(C(=O)C=O)c3csc(NC=O)n3)C(=O)N2C1. The Balaban J connectivity index is 1.88. The maximum Gasteiger partial charge on any atom is 0.316 e. The smallest absolute Gasteiger partial charge is 0.316 e. The second kappa shape index (κ2) is 7.12. The van der Waals surface area contributed by atoms with Crippen molar-refractivity contribution in [1.82, 2.24) is 9.88 Å². The van der Waals surface area contributed by atoms with Crippen LogP contribution in [0, 0.1) is 5.41 Å². The van der Waals surface area contributed by atoms with Gasteiger partial charge in [-0.15, -0.1) is 29.7 Å². The van der Waals surface area contributed by atoms with Crippen LogP contribution >= 0.6 is 23.1 Å². The highest BCUT2D eigenvalue weighted by Gasteiger charge is 2.59. The molecule has 0 radical (unpaired) electrons. The minimum atomic E-state index is -1.26. The van der Waals surface area contributed by atoms with Crippen molar-refractivity contribution in [2.45, 2.75) is 11.4 Å². The lowest BCUT2D eigenvalue weighted by molar-refractivity contribution is -0.154. The van der Waals surface area contributed by atoms with E-state index in [-0.39, 0.29) is 29.5 Å². The first-order valence-corrected chi connectivity index (χ1v) is 9.54. The summed E-state index contributed by atoms with van der Waals surface area (Å²) in [5.41, 5.74) is -1.26. The van der Waals surface area contributed by atoms with Gasteiger partial charge in [-0.3, -0.25) is 28.9 Å². The van der Waals surface area contributed by atoms with Crippen molar-refractivity contribution < 1.29 is 29.1 Å². The van der Waals surface area contributed by atoms with E-state index < -0.39 is 34.6 Å². The van der Waals surface area contributed by atoms with Gasteiger partial charge < -0.3 is 15.3 Å². The first kappa shape index (κ1) is 19.0. The number of aliphatic carboxylic acids is 1. The van der Waals surface area contributed by atoms with E-state index in [0.29, 0.717) is 6.41 Å². The molecule has 2 saturated heterocycles. The average Bonchev–Trinajstić information content (AvgIpc) is 3.12. The molecule has 3 rings (SSSR count). The van der Waals surface area contributed by atoms with E-state index in [9.17, 15) is 29.1 Å². The number of hydrogen-bond donors (Lipinski definition) is 2. The monoisotopic (exact) mass is 410 g/mol. The first-order chi connectivity index (χ1) is 12.9. The predicted molar refractivity (Wildman–Crippen MR) is 97.4 cm³/mol. The first-order valence-electron chi connectivity index (χ1n) is 7.61.